The molecule has 0 spiro atoms. The standard InChI is InChI=1S/C21H18FNO5/c1-12(24)23-17-11-15(22)7-8-16(17)19(21(23)26)20(28-3)14-6-4-5-13(9-14)10-18(25)27-2/h4-9,11H,10H2,1-3H3. The molecule has 2 amide bonds. The van der Waals surface area contributed by atoms with Crippen molar-refractivity contribution in [3.05, 3.63) is 65.0 Å². The highest BCUT2D eigenvalue weighted by Gasteiger charge is 2.38. The number of carbonyl (C=O) groups is 3. The van der Waals surface area contributed by atoms with Crippen molar-refractivity contribution in [3.63, 3.8) is 0 Å². The summed E-state index contributed by atoms with van der Waals surface area (Å²) in [6.07, 6.45) is 0.0615. The lowest BCUT2D eigenvalue weighted by atomic mass is 10.00. The Morgan fingerprint density at radius 1 is 1.07 bits per heavy atom. The van der Waals surface area contributed by atoms with Gasteiger partial charge in [-0.1, -0.05) is 18.2 Å². The number of hydrogen-bond acceptors (Lipinski definition) is 5. The molecule has 0 bridgehead atoms. The first-order valence-electron chi connectivity index (χ1n) is 8.46. The van der Waals surface area contributed by atoms with Crippen LogP contribution < -0.4 is 4.90 Å². The van der Waals surface area contributed by atoms with Gasteiger partial charge in [0.15, 0.2) is 0 Å². The molecule has 2 aromatic rings. The van der Waals surface area contributed by atoms with Gasteiger partial charge in [-0.2, -0.15) is 0 Å². The number of imide groups is 1. The predicted molar refractivity (Wildman–Crippen MR) is 101 cm³/mol. The van der Waals surface area contributed by atoms with E-state index >= 15 is 0 Å². The molecule has 28 heavy (non-hydrogen) atoms. The number of amides is 2. The van der Waals surface area contributed by atoms with Gasteiger partial charge in [0, 0.05) is 18.1 Å². The van der Waals surface area contributed by atoms with E-state index in [1.807, 2.05) is 0 Å². The minimum Gasteiger partial charge on any atom is -0.495 e. The van der Waals surface area contributed by atoms with Gasteiger partial charge in [0.25, 0.3) is 5.91 Å². The summed E-state index contributed by atoms with van der Waals surface area (Å²) in [4.78, 5) is 37.4. The summed E-state index contributed by atoms with van der Waals surface area (Å²) in [5.74, 6) is -1.85. The third-order valence-electron chi connectivity index (χ3n) is 4.40. The maximum Gasteiger partial charge on any atom is 0.309 e. The smallest absolute Gasteiger partial charge is 0.309 e. The van der Waals surface area contributed by atoms with Gasteiger partial charge in [-0.05, 0) is 29.8 Å². The van der Waals surface area contributed by atoms with Crippen molar-refractivity contribution < 1.29 is 28.2 Å². The molecule has 144 valence electrons. The molecule has 7 heteroatoms. The lowest BCUT2D eigenvalue weighted by Gasteiger charge is -2.13. The molecular formula is C21H18FNO5. The minimum absolute atomic E-state index is 0.0615. The Balaban J connectivity index is 2.18. The van der Waals surface area contributed by atoms with Crippen LogP contribution in [0, 0.1) is 5.82 Å². The summed E-state index contributed by atoms with van der Waals surface area (Å²) in [6, 6.07) is 10.7. The second-order valence-electron chi connectivity index (χ2n) is 6.18. The van der Waals surface area contributed by atoms with Crippen LogP contribution in [0.15, 0.2) is 42.5 Å². The van der Waals surface area contributed by atoms with Gasteiger partial charge in [0.2, 0.25) is 5.91 Å². The van der Waals surface area contributed by atoms with Crippen molar-refractivity contribution >= 4 is 34.8 Å². The first-order chi connectivity index (χ1) is 13.4. The van der Waals surface area contributed by atoms with Gasteiger partial charge < -0.3 is 9.47 Å². The second kappa shape index (κ2) is 7.64. The summed E-state index contributed by atoms with van der Waals surface area (Å²) in [6.45, 7) is 1.24. The fraction of sp³-hybridized carbons (Fsp3) is 0.190. The molecule has 1 aliphatic heterocycles. The number of methoxy groups -OCH3 is 2. The summed E-state index contributed by atoms with van der Waals surface area (Å²) in [5, 5.41) is 0. The van der Waals surface area contributed by atoms with Crippen LogP contribution in [0.25, 0.3) is 11.3 Å². The molecule has 0 unspecified atom stereocenters. The van der Waals surface area contributed by atoms with Crippen LogP contribution in [0.1, 0.15) is 23.6 Å². The second-order valence-corrected chi connectivity index (χ2v) is 6.18. The van der Waals surface area contributed by atoms with E-state index in [2.05, 4.69) is 4.74 Å². The monoisotopic (exact) mass is 383 g/mol. The van der Waals surface area contributed by atoms with E-state index in [-0.39, 0.29) is 23.4 Å². The zero-order valence-corrected chi connectivity index (χ0v) is 15.6. The Morgan fingerprint density at radius 3 is 2.46 bits per heavy atom. The van der Waals surface area contributed by atoms with Gasteiger partial charge >= 0.3 is 5.97 Å². The summed E-state index contributed by atoms with van der Waals surface area (Å²) < 4.78 is 23.9. The number of benzene rings is 2. The Morgan fingerprint density at radius 2 is 1.82 bits per heavy atom. The zero-order chi connectivity index (χ0) is 20.4. The highest BCUT2D eigenvalue weighted by molar-refractivity contribution is 6.42. The van der Waals surface area contributed by atoms with Crippen molar-refractivity contribution in [2.45, 2.75) is 13.3 Å². The Bertz CT molecular complexity index is 1010. The van der Waals surface area contributed by atoms with Crippen LogP contribution in [-0.4, -0.2) is 32.0 Å². The maximum atomic E-state index is 13.7. The topological polar surface area (TPSA) is 72.9 Å². The average Bonchev–Trinajstić information content (AvgIpc) is 2.94. The number of ether oxygens (including phenoxy) is 2. The first kappa shape index (κ1) is 19.3. The van der Waals surface area contributed by atoms with Crippen molar-refractivity contribution in [1.82, 2.24) is 0 Å². The number of rotatable bonds is 4. The van der Waals surface area contributed by atoms with Crippen LogP contribution in [0.5, 0.6) is 0 Å². The quantitative estimate of drug-likeness (QED) is 0.461. The molecule has 2 aromatic carbocycles. The molecule has 0 saturated carbocycles. The van der Waals surface area contributed by atoms with Crippen LogP contribution >= 0.6 is 0 Å². The minimum atomic E-state index is -0.594. The fourth-order valence-electron chi connectivity index (χ4n) is 3.20. The van der Waals surface area contributed by atoms with Crippen LogP contribution in [0.2, 0.25) is 0 Å². The molecule has 3 rings (SSSR count). The van der Waals surface area contributed by atoms with E-state index in [0.717, 1.165) is 11.0 Å². The van der Waals surface area contributed by atoms with E-state index < -0.39 is 23.6 Å². The number of carbonyl (C=O) groups excluding carboxylic acids is 3. The Hall–Kier alpha value is -3.48. The van der Waals surface area contributed by atoms with Crippen molar-refractivity contribution in [2.24, 2.45) is 0 Å². The number of anilines is 1. The van der Waals surface area contributed by atoms with Crippen LogP contribution in [0.4, 0.5) is 10.1 Å². The Kier molecular flexibility index (Phi) is 5.26. The molecule has 0 aromatic heterocycles. The average molecular weight is 383 g/mol. The number of fused-ring (bicyclic) bond motifs is 1. The predicted octanol–water partition coefficient (Wildman–Crippen LogP) is 2.95. The SMILES string of the molecule is COC(=O)Cc1cccc(C(OC)=C2C(=O)N(C(C)=O)c3cc(F)ccc32)c1. The van der Waals surface area contributed by atoms with Gasteiger partial charge in [0.1, 0.15) is 11.6 Å². The molecule has 0 saturated heterocycles. The number of hydrogen-bond donors (Lipinski definition) is 0. The lowest BCUT2D eigenvalue weighted by molar-refractivity contribution is -0.139. The highest BCUT2D eigenvalue weighted by Crippen LogP contribution is 2.41. The molecule has 1 aliphatic rings. The van der Waals surface area contributed by atoms with Crippen molar-refractivity contribution in [2.75, 3.05) is 19.1 Å². The van der Waals surface area contributed by atoms with E-state index in [4.69, 9.17) is 4.74 Å². The van der Waals surface area contributed by atoms with E-state index in [1.165, 1.54) is 33.3 Å². The van der Waals surface area contributed by atoms with E-state index in [0.29, 0.717) is 16.7 Å². The van der Waals surface area contributed by atoms with Crippen LogP contribution in [0.3, 0.4) is 0 Å². The van der Waals surface area contributed by atoms with Gasteiger partial charge in [-0.25, -0.2) is 9.29 Å². The third-order valence-corrected chi connectivity index (χ3v) is 4.40. The normalized spacial score (nSPS) is 14.6. The summed E-state index contributed by atoms with van der Waals surface area (Å²) in [7, 11) is 2.71. The molecular weight excluding hydrogens is 365 g/mol. The molecule has 0 N–H and O–H groups in total. The molecule has 0 atom stereocenters. The summed E-state index contributed by atoms with van der Waals surface area (Å²) >= 11 is 0. The Labute approximate surface area is 161 Å². The van der Waals surface area contributed by atoms with Gasteiger partial charge in [-0.3, -0.25) is 14.4 Å². The van der Waals surface area contributed by atoms with Crippen molar-refractivity contribution in [1.29, 1.82) is 0 Å². The molecule has 6 nitrogen and oxygen atoms in total. The van der Waals surface area contributed by atoms with Crippen molar-refractivity contribution in [3.8, 4) is 0 Å². The number of nitrogens with zero attached hydrogens (tertiary/aromatic N) is 1. The molecule has 1 heterocycles. The lowest BCUT2D eigenvalue weighted by Crippen LogP contribution is -2.31. The van der Waals surface area contributed by atoms with E-state index in [9.17, 15) is 18.8 Å². The van der Waals surface area contributed by atoms with E-state index in [1.54, 1.807) is 24.3 Å². The number of halogens is 1. The molecule has 0 fully saturated rings. The highest BCUT2D eigenvalue weighted by atomic mass is 19.1. The molecule has 0 aliphatic carbocycles. The fourth-order valence-corrected chi connectivity index (χ4v) is 3.20. The van der Waals surface area contributed by atoms with Gasteiger partial charge in [0.05, 0.1) is 31.9 Å². The number of esters is 1. The largest absolute Gasteiger partial charge is 0.495 e. The summed E-state index contributed by atoms with van der Waals surface area (Å²) in [5.41, 5.74) is 1.95. The maximum absolute atomic E-state index is 13.7. The zero-order valence-electron chi connectivity index (χ0n) is 15.6. The third kappa shape index (κ3) is 3.38. The van der Waals surface area contributed by atoms with Gasteiger partial charge in [-0.15, -0.1) is 0 Å². The first-order valence-corrected chi connectivity index (χ1v) is 8.46. The van der Waals surface area contributed by atoms with Crippen LogP contribution in [-0.2, 0) is 30.3 Å². The molecule has 0 radical (unpaired) electrons.